The summed E-state index contributed by atoms with van der Waals surface area (Å²) in [7, 11) is 0. The fourth-order valence-corrected chi connectivity index (χ4v) is 2.86. The summed E-state index contributed by atoms with van der Waals surface area (Å²) in [5.41, 5.74) is 8.04. The summed E-state index contributed by atoms with van der Waals surface area (Å²) in [5, 5.41) is 3.30. The number of carbonyl (C=O) groups is 1. The van der Waals surface area contributed by atoms with Crippen molar-refractivity contribution in [3.05, 3.63) is 65.7 Å². The van der Waals surface area contributed by atoms with Crippen LogP contribution < -0.4 is 11.1 Å². The second kappa shape index (κ2) is 6.62. The van der Waals surface area contributed by atoms with E-state index in [4.69, 9.17) is 10.5 Å². The van der Waals surface area contributed by atoms with Crippen molar-refractivity contribution < 1.29 is 9.53 Å². The summed E-state index contributed by atoms with van der Waals surface area (Å²) in [5.74, 6) is -0.0604. The maximum absolute atomic E-state index is 12.3. The highest BCUT2D eigenvalue weighted by atomic mass is 16.5. The molecule has 0 saturated carbocycles. The number of hydrogen-bond donors (Lipinski definition) is 2. The molecule has 1 heterocycles. The van der Waals surface area contributed by atoms with Crippen LogP contribution in [-0.4, -0.2) is 25.2 Å². The number of ether oxygens (including phenoxy) is 1. The predicted molar refractivity (Wildman–Crippen MR) is 86.7 cm³/mol. The van der Waals surface area contributed by atoms with E-state index < -0.39 is 0 Å². The molecule has 0 unspecified atom stereocenters. The zero-order chi connectivity index (χ0) is 15.4. The van der Waals surface area contributed by atoms with Crippen molar-refractivity contribution in [3.63, 3.8) is 0 Å². The van der Waals surface area contributed by atoms with E-state index in [2.05, 4.69) is 17.4 Å². The molecule has 0 radical (unpaired) electrons. The lowest BCUT2D eigenvalue weighted by Crippen LogP contribution is -2.42. The molecule has 1 saturated heterocycles. The first-order valence-electron chi connectivity index (χ1n) is 7.56. The topological polar surface area (TPSA) is 64.4 Å². The van der Waals surface area contributed by atoms with Crippen molar-refractivity contribution >= 4 is 11.7 Å². The molecule has 2 aromatic carbocycles. The summed E-state index contributed by atoms with van der Waals surface area (Å²) in [4.78, 5) is 12.3. The molecular weight excluding hydrogens is 276 g/mol. The standard InChI is InChI=1S/C18H20N2O2/c19-15-8-6-14(7-9-15)18(21)22-17-12-20-11-10-16(17)13-4-2-1-3-5-13/h1-9,16-17,20H,10-12,19H2/t16-,17+/m1/s1. The molecule has 0 aromatic heterocycles. The Morgan fingerprint density at radius 2 is 1.82 bits per heavy atom. The molecule has 114 valence electrons. The monoisotopic (exact) mass is 296 g/mol. The Labute approximate surface area is 130 Å². The van der Waals surface area contributed by atoms with E-state index in [9.17, 15) is 4.79 Å². The van der Waals surface area contributed by atoms with Gasteiger partial charge in [-0.2, -0.15) is 0 Å². The first kappa shape index (κ1) is 14.6. The fourth-order valence-electron chi connectivity index (χ4n) is 2.86. The Bertz CT molecular complexity index is 625. The highest BCUT2D eigenvalue weighted by Crippen LogP contribution is 2.28. The first-order chi connectivity index (χ1) is 10.7. The molecule has 0 aliphatic carbocycles. The molecule has 0 amide bonds. The quantitative estimate of drug-likeness (QED) is 0.675. The van der Waals surface area contributed by atoms with E-state index in [0.29, 0.717) is 17.8 Å². The van der Waals surface area contributed by atoms with Crippen LogP contribution in [0.3, 0.4) is 0 Å². The van der Waals surface area contributed by atoms with Gasteiger partial charge in [-0.05, 0) is 42.8 Å². The van der Waals surface area contributed by atoms with Gasteiger partial charge in [-0.3, -0.25) is 0 Å². The number of hydrogen-bond acceptors (Lipinski definition) is 4. The molecule has 4 nitrogen and oxygen atoms in total. The van der Waals surface area contributed by atoms with E-state index in [0.717, 1.165) is 13.0 Å². The summed E-state index contributed by atoms with van der Waals surface area (Å²) in [6, 6.07) is 17.1. The van der Waals surface area contributed by atoms with Gasteiger partial charge in [-0.1, -0.05) is 30.3 Å². The fraction of sp³-hybridized carbons (Fsp3) is 0.278. The molecule has 22 heavy (non-hydrogen) atoms. The first-order valence-corrected chi connectivity index (χ1v) is 7.56. The molecule has 4 heteroatoms. The second-order valence-electron chi connectivity index (χ2n) is 5.58. The molecule has 3 N–H and O–H groups in total. The number of benzene rings is 2. The van der Waals surface area contributed by atoms with E-state index in [1.165, 1.54) is 5.56 Å². The Balaban J connectivity index is 1.74. The van der Waals surface area contributed by atoms with Crippen LogP contribution in [0.2, 0.25) is 0 Å². The van der Waals surface area contributed by atoms with Gasteiger partial charge in [0, 0.05) is 18.2 Å². The van der Waals surface area contributed by atoms with Crippen molar-refractivity contribution in [2.24, 2.45) is 0 Å². The molecule has 2 atom stereocenters. The predicted octanol–water partition coefficient (Wildman–Crippen LogP) is 2.57. The molecule has 1 aliphatic rings. The molecule has 1 aliphatic heterocycles. The minimum atomic E-state index is -0.297. The summed E-state index contributed by atoms with van der Waals surface area (Å²) in [6.45, 7) is 1.62. The van der Waals surface area contributed by atoms with Crippen molar-refractivity contribution in [1.82, 2.24) is 5.32 Å². The Hall–Kier alpha value is -2.33. The van der Waals surface area contributed by atoms with Gasteiger partial charge in [0.2, 0.25) is 0 Å². The third-order valence-electron chi connectivity index (χ3n) is 4.06. The van der Waals surface area contributed by atoms with Crippen LogP contribution in [0.25, 0.3) is 0 Å². The molecular formula is C18H20N2O2. The van der Waals surface area contributed by atoms with E-state index in [1.54, 1.807) is 24.3 Å². The number of nitrogens with two attached hydrogens (primary N) is 1. The molecule has 2 aromatic rings. The lowest BCUT2D eigenvalue weighted by atomic mass is 9.88. The second-order valence-corrected chi connectivity index (χ2v) is 5.58. The normalized spacial score (nSPS) is 21.3. The van der Waals surface area contributed by atoms with Gasteiger partial charge >= 0.3 is 5.97 Å². The molecule has 0 bridgehead atoms. The third kappa shape index (κ3) is 3.28. The summed E-state index contributed by atoms with van der Waals surface area (Å²) >= 11 is 0. The van der Waals surface area contributed by atoms with Crippen LogP contribution in [0.1, 0.15) is 28.3 Å². The zero-order valence-corrected chi connectivity index (χ0v) is 12.4. The van der Waals surface area contributed by atoms with Crippen LogP contribution in [0.15, 0.2) is 54.6 Å². The number of nitrogens with one attached hydrogen (secondary N) is 1. The highest BCUT2D eigenvalue weighted by Gasteiger charge is 2.29. The number of carbonyl (C=O) groups excluding carboxylic acids is 1. The van der Waals surface area contributed by atoms with Crippen LogP contribution in [0.4, 0.5) is 5.69 Å². The Morgan fingerprint density at radius 1 is 1.09 bits per heavy atom. The Morgan fingerprint density at radius 3 is 2.55 bits per heavy atom. The number of anilines is 1. The van der Waals surface area contributed by atoms with E-state index >= 15 is 0 Å². The van der Waals surface area contributed by atoms with Gasteiger partial charge in [-0.15, -0.1) is 0 Å². The van der Waals surface area contributed by atoms with Crippen LogP contribution in [0.5, 0.6) is 0 Å². The number of rotatable bonds is 3. The van der Waals surface area contributed by atoms with Crippen molar-refractivity contribution in [2.45, 2.75) is 18.4 Å². The number of nitrogen functional groups attached to an aromatic ring is 1. The van der Waals surface area contributed by atoms with Crippen LogP contribution in [0, 0.1) is 0 Å². The van der Waals surface area contributed by atoms with Crippen LogP contribution >= 0.6 is 0 Å². The SMILES string of the molecule is Nc1ccc(C(=O)O[C@H]2CNCC[C@@H]2c2ccccc2)cc1. The van der Waals surface area contributed by atoms with Crippen LogP contribution in [-0.2, 0) is 4.74 Å². The van der Waals surface area contributed by atoms with Gasteiger partial charge in [0.15, 0.2) is 0 Å². The lowest BCUT2D eigenvalue weighted by molar-refractivity contribution is 0.0182. The highest BCUT2D eigenvalue weighted by molar-refractivity contribution is 5.89. The zero-order valence-electron chi connectivity index (χ0n) is 12.4. The largest absolute Gasteiger partial charge is 0.457 e. The summed E-state index contributed by atoms with van der Waals surface area (Å²) in [6.07, 6.45) is 0.810. The van der Waals surface area contributed by atoms with Gasteiger partial charge in [-0.25, -0.2) is 4.79 Å². The average molecular weight is 296 g/mol. The minimum Gasteiger partial charge on any atom is -0.457 e. The number of piperidine rings is 1. The average Bonchev–Trinajstić information content (AvgIpc) is 2.57. The summed E-state index contributed by atoms with van der Waals surface area (Å²) < 4.78 is 5.74. The van der Waals surface area contributed by atoms with Gasteiger partial charge in [0.05, 0.1) is 5.56 Å². The smallest absolute Gasteiger partial charge is 0.338 e. The van der Waals surface area contributed by atoms with Crippen molar-refractivity contribution in [1.29, 1.82) is 0 Å². The van der Waals surface area contributed by atoms with Gasteiger partial charge < -0.3 is 15.8 Å². The third-order valence-corrected chi connectivity index (χ3v) is 4.06. The molecule has 0 spiro atoms. The van der Waals surface area contributed by atoms with Crippen molar-refractivity contribution in [3.8, 4) is 0 Å². The lowest BCUT2D eigenvalue weighted by Gasteiger charge is -2.32. The van der Waals surface area contributed by atoms with E-state index in [1.807, 2.05) is 18.2 Å². The Kier molecular flexibility index (Phi) is 4.39. The van der Waals surface area contributed by atoms with Gasteiger partial charge in [0.1, 0.15) is 6.10 Å². The van der Waals surface area contributed by atoms with E-state index in [-0.39, 0.29) is 18.0 Å². The minimum absolute atomic E-state index is 0.152. The number of esters is 1. The molecule has 1 fully saturated rings. The molecule has 3 rings (SSSR count). The van der Waals surface area contributed by atoms with Gasteiger partial charge in [0.25, 0.3) is 0 Å². The maximum Gasteiger partial charge on any atom is 0.338 e. The van der Waals surface area contributed by atoms with Crippen molar-refractivity contribution in [2.75, 3.05) is 18.8 Å². The maximum atomic E-state index is 12.3.